The van der Waals surface area contributed by atoms with Crippen molar-refractivity contribution in [2.75, 3.05) is 17.7 Å². The van der Waals surface area contributed by atoms with Gasteiger partial charge in [0.05, 0.1) is 30.0 Å². The third-order valence-corrected chi connectivity index (χ3v) is 3.92. The van der Waals surface area contributed by atoms with E-state index < -0.39 is 0 Å². The number of methoxy groups -OCH3 is 1. The molecule has 0 aliphatic rings. The highest BCUT2D eigenvalue weighted by Gasteiger charge is 2.10. The first kappa shape index (κ1) is 18.0. The van der Waals surface area contributed by atoms with Crippen molar-refractivity contribution < 1.29 is 9.53 Å². The Labute approximate surface area is 157 Å². The lowest BCUT2D eigenvalue weighted by Crippen LogP contribution is -2.13. The second-order valence-corrected chi connectivity index (χ2v) is 5.90. The maximum atomic E-state index is 12.5. The highest BCUT2D eigenvalue weighted by molar-refractivity contribution is 6.05. The predicted octanol–water partition coefficient (Wildman–Crippen LogP) is 4.27. The summed E-state index contributed by atoms with van der Waals surface area (Å²) in [6.07, 6.45) is 1.50. The van der Waals surface area contributed by atoms with Crippen molar-refractivity contribution in [3.63, 3.8) is 0 Å². The van der Waals surface area contributed by atoms with Gasteiger partial charge in [-0.05, 0) is 61.0 Å². The van der Waals surface area contributed by atoms with Crippen molar-refractivity contribution in [2.45, 2.75) is 6.92 Å². The maximum absolute atomic E-state index is 12.5. The van der Waals surface area contributed by atoms with Crippen molar-refractivity contribution in [3.8, 4) is 11.8 Å². The molecule has 1 amide bonds. The second kappa shape index (κ2) is 8.02. The molecule has 0 unspecified atom stereocenters. The van der Waals surface area contributed by atoms with Crippen molar-refractivity contribution in [2.24, 2.45) is 0 Å². The number of benzene rings is 2. The minimum atomic E-state index is -0.267. The Morgan fingerprint density at radius 2 is 1.89 bits per heavy atom. The van der Waals surface area contributed by atoms with E-state index in [9.17, 15) is 4.79 Å². The lowest BCUT2D eigenvalue weighted by molar-refractivity contribution is 0.102. The van der Waals surface area contributed by atoms with E-state index in [0.717, 1.165) is 11.3 Å². The molecule has 0 fully saturated rings. The maximum Gasteiger partial charge on any atom is 0.257 e. The van der Waals surface area contributed by atoms with Crippen LogP contribution in [0.1, 0.15) is 21.5 Å². The van der Waals surface area contributed by atoms with E-state index in [1.165, 1.54) is 6.20 Å². The van der Waals surface area contributed by atoms with Gasteiger partial charge in [-0.3, -0.25) is 4.79 Å². The summed E-state index contributed by atoms with van der Waals surface area (Å²) in [4.78, 5) is 16.7. The van der Waals surface area contributed by atoms with Gasteiger partial charge in [0.25, 0.3) is 5.91 Å². The fourth-order valence-electron chi connectivity index (χ4n) is 2.49. The average molecular weight is 358 g/mol. The number of aromatic nitrogens is 1. The Kier molecular flexibility index (Phi) is 5.33. The molecule has 134 valence electrons. The van der Waals surface area contributed by atoms with Crippen LogP contribution in [0.2, 0.25) is 0 Å². The van der Waals surface area contributed by atoms with Crippen LogP contribution >= 0.6 is 0 Å². The number of amides is 1. The number of pyridine rings is 1. The van der Waals surface area contributed by atoms with E-state index in [4.69, 9.17) is 10.00 Å². The number of nitriles is 1. The van der Waals surface area contributed by atoms with Gasteiger partial charge in [0.1, 0.15) is 11.6 Å². The summed E-state index contributed by atoms with van der Waals surface area (Å²) < 4.78 is 5.28. The van der Waals surface area contributed by atoms with E-state index in [2.05, 4.69) is 21.7 Å². The van der Waals surface area contributed by atoms with Crippen LogP contribution in [0.5, 0.6) is 5.75 Å². The van der Waals surface area contributed by atoms with Crippen LogP contribution in [0.3, 0.4) is 0 Å². The van der Waals surface area contributed by atoms with E-state index >= 15 is 0 Å². The number of carbonyl (C=O) groups excluding carboxylic acids is 1. The molecule has 3 rings (SSSR count). The summed E-state index contributed by atoms with van der Waals surface area (Å²) >= 11 is 0. The number of nitrogens with zero attached hydrogens (tertiary/aromatic N) is 2. The molecule has 0 saturated carbocycles. The molecule has 0 bridgehead atoms. The Balaban J connectivity index is 1.70. The normalized spacial score (nSPS) is 9.96. The van der Waals surface area contributed by atoms with Crippen LogP contribution in [0, 0.1) is 18.3 Å². The zero-order valence-electron chi connectivity index (χ0n) is 15.0. The first-order valence-electron chi connectivity index (χ1n) is 8.28. The fourth-order valence-corrected chi connectivity index (χ4v) is 2.49. The SMILES string of the molecule is COc1ccc(C)cc1NC(=O)c1ccc(Nc2ccc(C#N)cc2)nc1. The van der Waals surface area contributed by atoms with Crippen molar-refractivity contribution in [1.29, 1.82) is 5.26 Å². The fraction of sp³-hybridized carbons (Fsp3) is 0.0952. The highest BCUT2D eigenvalue weighted by atomic mass is 16.5. The van der Waals surface area contributed by atoms with Crippen LogP contribution in [-0.4, -0.2) is 18.0 Å². The largest absolute Gasteiger partial charge is 0.495 e. The number of hydrogen-bond acceptors (Lipinski definition) is 5. The van der Waals surface area contributed by atoms with Crippen molar-refractivity contribution in [1.82, 2.24) is 4.98 Å². The minimum Gasteiger partial charge on any atom is -0.495 e. The lowest BCUT2D eigenvalue weighted by Gasteiger charge is -2.11. The van der Waals surface area contributed by atoms with Gasteiger partial charge in [0, 0.05) is 11.9 Å². The van der Waals surface area contributed by atoms with E-state index in [0.29, 0.717) is 28.4 Å². The Morgan fingerprint density at radius 3 is 2.52 bits per heavy atom. The lowest BCUT2D eigenvalue weighted by atomic mass is 10.2. The molecule has 0 aliphatic heterocycles. The predicted molar refractivity (Wildman–Crippen MR) is 104 cm³/mol. The number of hydrogen-bond donors (Lipinski definition) is 2. The number of aryl methyl sites for hydroxylation is 1. The number of rotatable bonds is 5. The third-order valence-electron chi connectivity index (χ3n) is 3.92. The molecule has 6 heteroatoms. The van der Waals surface area contributed by atoms with Gasteiger partial charge in [-0.2, -0.15) is 5.26 Å². The molecular weight excluding hydrogens is 340 g/mol. The van der Waals surface area contributed by atoms with E-state index in [-0.39, 0.29) is 5.91 Å². The first-order chi connectivity index (χ1) is 13.1. The summed E-state index contributed by atoms with van der Waals surface area (Å²) in [7, 11) is 1.56. The summed E-state index contributed by atoms with van der Waals surface area (Å²) in [6.45, 7) is 1.94. The van der Waals surface area contributed by atoms with Gasteiger partial charge >= 0.3 is 0 Å². The zero-order chi connectivity index (χ0) is 19.2. The van der Waals surface area contributed by atoms with Gasteiger partial charge in [-0.15, -0.1) is 0 Å². The molecule has 1 aromatic heterocycles. The van der Waals surface area contributed by atoms with Gasteiger partial charge < -0.3 is 15.4 Å². The van der Waals surface area contributed by atoms with Crippen molar-refractivity contribution in [3.05, 3.63) is 77.5 Å². The van der Waals surface area contributed by atoms with Gasteiger partial charge in [-0.25, -0.2) is 4.98 Å². The summed E-state index contributed by atoms with van der Waals surface area (Å²) in [5.74, 6) is 0.932. The second-order valence-electron chi connectivity index (χ2n) is 5.90. The molecule has 2 N–H and O–H groups in total. The van der Waals surface area contributed by atoms with Gasteiger partial charge in [0.2, 0.25) is 0 Å². The number of nitrogens with one attached hydrogen (secondary N) is 2. The number of ether oxygens (including phenoxy) is 1. The molecule has 27 heavy (non-hydrogen) atoms. The minimum absolute atomic E-state index is 0.267. The highest BCUT2D eigenvalue weighted by Crippen LogP contribution is 2.26. The molecule has 0 spiro atoms. The monoisotopic (exact) mass is 358 g/mol. The van der Waals surface area contributed by atoms with Crippen LogP contribution < -0.4 is 15.4 Å². The molecule has 0 atom stereocenters. The molecule has 6 nitrogen and oxygen atoms in total. The number of carbonyl (C=O) groups is 1. The van der Waals surface area contributed by atoms with E-state index in [1.807, 2.05) is 25.1 Å². The molecule has 0 saturated heterocycles. The van der Waals surface area contributed by atoms with Crippen LogP contribution in [0.25, 0.3) is 0 Å². The number of anilines is 3. The topological polar surface area (TPSA) is 87.0 Å². The Bertz CT molecular complexity index is 990. The smallest absolute Gasteiger partial charge is 0.257 e. The average Bonchev–Trinajstić information content (AvgIpc) is 2.69. The van der Waals surface area contributed by atoms with Crippen LogP contribution in [0.4, 0.5) is 17.2 Å². The molecule has 1 heterocycles. The van der Waals surface area contributed by atoms with Crippen LogP contribution in [0.15, 0.2) is 60.8 Å². The third kappa shape index (κ3) is 4.41. The zero-order valence-corrected chi connectivity index (χ0v) is 15.0. The van der Waals surface area contributed by atoms with Gasteiger partial charge in [-0.1, -0.05) is 6.07 Å². The standard InChI is InChI=1S/C21H18N4O2/c1-14-3-9-19(27-2)18(11-14)25-21(26)16-6-10-20(23-13-16)24-17-7-4-15(12-22)5-8-17/h3-11,13H,1-2H3,(H,23,24)(H,25,26). The first-order valence-corrected chi connectivity index (χ1v) is 8.28. The molecule has 0 radical (unpaired) electrons. The van der Waals surface area contributed by atoms with Crippen LogP contribution in [-0.2, 0) is 0 Å². The van der Waals surface area contributed by atoms with Crippen molar-refractivity contribution >= 4 is 23.1 Å². The Morgan fingerprint density at radius 1 is 1.11 bits per heavy atom. The molecule has 2 aromatic carbocycles. The molecule has 0 aliphatic carbocycles. The summed E-state index contributed by atoms with van der Waals surface area (Å²) in [6, 6.07) is 18.1. The summed E-state index contributed by atoms with van der Waals surface area (Å²) in [5.41, 5.74) is 3.47. The Hall–Kier alpha value is -3.85. The van der Waals surface area contributed by atoms with E-state index in [1.54, 1.807) is 43.5 Å². The molecular formula is C21H18N4O2. The summed E-state index contributed by atoms with van der Waals surface area (Å²) in [5, 5.41) is 14.8. The quantitative estimate of drug-likeness (QED) is 0.711. The molecule has 3 aromatic rings. The van der Waals surface area contributed by atoms with Gasteiger partial charge in [0.15, 0.2) is 0 Å².